The monoisotopic (exact) mass is 485 g/mol. The Morgan fingerprint density at radius 1 is 0.939 bits per heavy atom. The highest BCUT2D eigenvalue weighted by Gasteiger charge is 2.21. The van der Waals surface area contributed by atoms with Crippen LogP contribution < -0.4 is 14.4 Å². The minimum absolute atomic E-state index is 0. The number of halogens is 1. The Bertz CT molecular complexity index is 1230. The summed E-state index contributed by atoms with van der Waals surface area (Å²) >= 11 is 1.49. The van der Waals surface area contributed by atoms with Crippen LogP contribution in [-0.2, 0) is 4.79 Å². The van der Waals surface area contributed by atoms with Crippen molar-refractivity contribution in [2.24, 2.45) is 0 Å². The second kappa shape index (κ2) is 11.3. The van der Waals surface area contributed by atoms with Crippen molar-refractivity contribution in [2.45, 2.75) is 6.92 Å². The van der Waals surface area contributed by atoms with Gasteiger partial charge in [0.1, 0.15) is 11.5 Å². The van der Waals surface area contributed by atoms with E-state index in [4.69, 9.17) is 14.5 Å². The zero-order valence-electron chi connectivity index (χ0n) is 19.0. The molecule has 0 bridgehead atoms. The van der Waals surface area contributed by atoms with E-state index in [-0.39, 0.29) is 24.9 Å². The van der Waals surface area contributed by atoms with Crippen LogP contribution in [0.3, 0.4) is 0 Å². The molecule has 0 spiro atoms. The Morgan fingerprint density at radius 3 is 2.42 bits per heavy atom. The van der Waals surface area contributed by atoms with E-state index in [1.165, 1.54) is 11.3 Å². The number of ether oxygens (including phenoxy) is 2. The van der Waals surface area contributed by atoms with Crippen LogP contribution in [0.5, 0.6) is 11.5 Å². The number of carbonyl (C=O) groups excluding carboxylic acids is 1. The van der Waals surface area contributed by atoms with E-state index in [9.17, 15) is 4.79 Å². The van der Waals surface area contributed by atoms with Crippen LogP contribution in [0.2, 0.25) is 0 Å². The van der Waals surface area contributed by atoms with E-state index >= 15 is 0 Å². The van der Waals surface area contributed by atoms with Gasteiger partial charge in [0.05, 0.1) is 16.8 Å². The van der Waals surface area contributed by atoms with Crippen LogP contribution in [0, 0.1) is 0 Å². The first-order valence-corrected chi connectivity index (χ1v) is 11.4. The van der Waals surface area contributed by atoms with Gasteiger partial charge in [-0.1, -0.05) is 41.7 Å². The van der Waals surface area contributed by atoms with E-state index < -0.39 is 0 Å². The molecule has 0 N–H and O–H groups in total. The van der Waals surface area contributed by atoms with E-state index in [0.717, 1.165) is 33.3 Å². The largest absolute Gasteiger partial charge is 0.494 e. The number of hydrogen-bond donors (Lipinski definition) is 0. The van der Waals surface area contributed by atoms with Gasteiger partial charge < -0.3 is 14.4 Å². The molecule has 4 aromatic rings. The van der Waals surface area contributed by atoms with Gasteiger partial charge in [0.15, 0.2) is 11.7 Å². The number of thiazole rings is 1. The molecule has 0 aliphatic carbocycles. The SMILES string of the molecule is CCOc1ccc2nc(N(CCN(C)C)C(=O)COc3ccc4ccccc4c3)sc2c1.Cl. The number of hydrogen-bond acceptors (Lipinski definition) is 6. The highest BCUT2D eigenvalue weighted by Crippen LogP contribution is 2.32. The molecule has 0 aliphatic rings. The molecule has 4 rings (SSSR count). The minimum Gasteiger partial charge on any atom is -0.494 e. The Hall–Kier alpha value is -2.87. The highest BCUT2D eigenvalue weighted by atomic mass is 35.5. The lowest BCUT2D eigenvalue weighted by Crippen LogP contribution is -2.39. The fourth-order valence-electron chi connectivity index (χ4n) is 3.37. The molecule has 0 unspecified atom stereocenters. The lowest BCUT2D eigenvalue weighted by atomic mass is 10.1. The number of amides is 1. The molecular weight excluding hydrogens is 458 g/mol. The second-order valence-corrected chi connectivity index (χ2v) is 8.71. The first kappa shape index (κ1) is 24.8. The van der Waals surface area contributed by atoms with Gasteiger partial charge in [-0.25, -0.2) is 4.98 Å². The summed E-state index contributed by atoms with van der Waals surface area (Å²) in [7, 11) is 3.97. The predicted octanol–water partition coefficient (Wildman–Crippen LogP) is 5.24. The minimum atomic E-state index is -0.121. The van der Waals surface area contributed by atoms with Crippen molar-refractivity contribution in [1.82, 2.24) is 9.88 Å². The van der Waals surface area contributed by atoms with Crippen molar-refractivity contribution in [1.29, 1.82) is 0 Å². The molecule has 3 aromatic carbocycles. The molecule has 0 saturated carbocycles. The zero-order chi connectivity index (χ0) is 22.5. The average Bonchev–Trinajstić information content (AvgIpc) is 3.20. The summed E-state index contributed by atoms with van der Waals surface area (Å²) in [5.74, 6) is 1.36. The summed E-state index contributed by atoms with van der Waals surface area (Å²) in [5, 5.41) is 2.89. The molecule has 0 atom stereocenters. The predicted molar refractivity (Wildman–Crippen MR) is 138 cm³/mol. The van der Waals surface area contributed by atoms with E-state index in [1.54, 1.807) is 4.90 Å². The average molecular weight is 486 g/mol. The van der Waals surface area contributed by atoms with E-state index in [1.807, 2.05) is 80.5 Å². The molecule has 1 aromatic heterocycles. The fourth-order valence-corrected chi connectivity index (χ4v) is 4.41. The third kappa shape index (κ3) is 6.13. The van der Waals surface area contributed by atoms with Gasteiger partial charge in [-0.15, -0.1) is 12.4 Å². The summed E-state index contributed by atoms with van der Waals surface area (Å²) < 4.78 is 12.5. The first-order chi connectivity index (χ1) is 15.5. The van der Waals surface area contributed by atoms with Crippen molar-refractivity contribution in [3.05, 3.63) is 60.7 Å². The van der Waals surface area contributed by atoms with Gasteiger partial charge in [-0.3, -0.25) is 9.69 Å². The molecule has 1 heterocycles. The molecule has 1 amide bonds. The number of carbonyl (C=O) groups is 1. The van der Waals surface area contributed by atoms with Crippen LogP contribution in [0.15, 0.2) is 60.7 Å². The summed E-state index contributed by atoms with van der Waals surface area (Å²) in [6, 6.07) is 19.7. The zero-order valence-corrected chi connectivity index (χ0v) is 20.6. The lowest BCUT2D eigenvalue weighted by molar-refractivity contribution is -0.120. The van der Waals surface area contributed by atoms with Crippen LogP contribution in [0.4, 0.5) is 5.13 Å². The molecule has 0 radical (unpaired) electrons. The molecule has 8 heteroatoms. The van der Waals surface area contributed by atoms with Crippen molar-refractivity contribution >= 4 is 55.8 Å². The van der Waals surface area contributed by atoms with Crippen molar-refractivity contribution < 1.29 is 14.3 Å². The quantitative estimate of drug-likeness (QED) is 0.324. The molecule has 174 valence electrons. The number of aromatic nitrogens is 1. The van der Waals surface area contributed by atoms with Crippen LogP contribution in [-0.4, -0.2) is 56.2 Å². The number of rotatable bonds is 9. The van der Waals surface area contributed by atoms with Gasteiger partial charge in [0.2, 0.25) is 0 Å². The Kier molecular flexibility index (Phi) is 8.49. The number of nitrogens with zero attached hydrogens (tertiary/aromatic N) is 3. The molecular formula is C25H28ClN3O3S. The summed E-state index contributed by atoms with van der Waals surface area (Å²) in [6.45, 7) is 3.77. The Labute approximate surface area is 204 Å². The van der Waals surface area contributed by atoms with E-state index in [2.05, 4.69) is 6.07 Å². The Morgan fingerprint density at radius 2 is 1.67 bits per heavy atom. The standard InChI is InChI=1S/C25H27N3O3S.ClH/c1-4-30-21-11-12-22-23(16-21)32-25(26-22)28(14-13-27(2)3)24(29)17-31-20-10-9-18-7-5-6-8-19(18)15-20;/h5-12,15-16H,4,13-14,17H2,1-3H3;1H. The van der Waals surface area contributed by atoms with Gasteiger partial charge in [0, 0.05) is 13.1 Å². The molecule has 0 fully saturated rings. The molecule has 0 saturated heterocycles. The third-order valence-corrected chi connectivity index (χ3v) is 6.09. The summed E-state index contributed by atoms with van der Waals surface area (Å²) in [5.41, 5.74) is 0.853. The second-order valence-electron chi connectivity index (χ2n) is 7.71. The molecule has 0 aliphatic heterocycles. The number of anilines is 1. The van der Waals surface area contributed by atoms with Gasteiger partial charge in [0.25, 0.3) is 5.91 Å². The number of fused-ring (bicyclic) bond motifs is 2. The summed E-state index contributed by atoms with van der Waals surface area (Å²) in [4.78, 5) is 21.6. The van der Waals surface area contributed by atoms with Crippen LogP contribution in [0.1, 0.15) is 6.92 Å². The number of likely N-dealkylation sites (N-methyl/N-ethyl adjacent to an activating group) is 1. The smallest absolute Gasteiger partial charge is 0.266 e. The van der Waals surface area contributed by atoms with E-state index in [0.29, 0.717) is 24.0 Å². The van der Waals surface area contributed by atoms with Crippen LogP contribution >= 0.6 is 23.7 Å². The van der Waals surface area contributed by atoms with Gasteiger partial charge >= 0.3 is 0 Å². The highest BCUT2D eigenvalue weighted by molar-refractivity contribution is 7.22. The third-order valence-electron chi connectivity index (χ3n) is 5.05. The maximum absolute atomic E-state index is 13.2. The van der Waals surface area contributed by atoms with Crippen LogP contribution in [0.25, 0.3) is 21.0 Å². The van der Waals surface area contributed by atoms with Gasteiger partial charge in [-0.05, 0) is 62.1 Å². The lowest BCUT2D eigenvalue weighted by Gasteiger charge is -2.22. The first-order valence-electron chi connectivity index (χ1n) is 10.6. The van der Waals surface area contributed by atoms with Crippen molar-refractivity contribution in [3.63, 3.8) is 0 Å². The van der Waals surface area contributed by atoms with Crippen molar-refractivity contribution in [3.8, 4) is 11.5 Å². The van der Waals surface area contributed by atoms with Crippen molar-refractivity contribution in [2.75, 3.05) is 45.3 Å². The maximum Gasteiger partial charge on any atom is 0.266 e. The normalized spacial score (nSPS) is 10.9. The maximum atomic E-state index is 13.2. The van der Waals surface area contributed by atoms with Gasteiger partial charge in [-0.2, -0.15) is 0 Å². The Balaban J connectivity index is 0.00000306. The molecule has 33 heavy (non-hydrogen) atoms. The topological polar surface area (TPSA) is 54.9 Å². The summed E-state index contributed by atoms with van der Waals surface area (Å²) in [6.07, 6.45) is 0. The number of benzene rings is 3. The molecule has 6 nitrogen and oxygen atoms in total. The fraction of sp³-hybridized carbons (Fsp3) is 0.280.